The zero-order valence-corrected chi connectivity index (χ0v) is 14.2. The normalized spacial score (nSPS) is 10.9. The minimum atomic E-state index is -0.152. The third-order valence-corrected chi connectivity index (χ3v) is 5.88. The van der Waals surface area contributed by atoms with Gasteiger partial charge in [-0.15, -0.1) is 11.3 Å². The lowest BCUT2D eigenvalue weighted by Gasteiger charge is -2.02. The molecule has 2 aromatic heterocycles. The molecule has 0 atom stereocenters. The van der Waals surface area contributed by atoms with Gasteiger partial charge < -0.3 is 9.73 Å². The van der Waals surface area contributed by atoms with Crippen molar-refractivity contribution >= 4 is 65.9 Å². The standard InChI is InChI=1S/C13H8Br2N2O2S/c1-6-16-9-4-7(2-3-10(9)19-6)17-13(18)11-5-8(14)12(15)20-11/h2-5H,1H3,(H,17,18). The summed E-state index contributed by atoms with van der Waals surface area (Å²) in [6.07, 6.45) is 0. The quantitative estimate of drug-likeness (QED) is 0.642. The summed E-state index contributed by atoms with van der Waals surface area (Å²) in [5, 5.41) is 2.85. The number of oxazole rings is 1. The SMILES string of the molecule is Cc1nc2cc(NC(=O)c3cc(Br)c(Br)s3)ccc2o1. The van der Waals surface area contributed by atoms with E-state index in [-0.39, 0.29) is 5.91 Å². The molecule has 4 nitrogen and oxygen atoms in total. The van der Waals surface area contributed by atoms with Crippen LogP contribution in [-0.4, -0.2) is 10.9 Å². The molecule has 0 saturated heterocycles. The molecule has 0 saturated carbocycles. The third-order valence-electron chi connectivity index (χ3n) is 2.62. The second kappa shape index (κ2) is 5.31. The lowest BCUT2D eigenvalue weighted by molar-refractivity contribution is 0.103. The van der Waals surface area contributed by atoms with Crippen molar-refractivity contribution in [2.75, 3.05) is 5.32 Å². The van der Waals surface area contributed by atoms with E-state index in [0.717, 1.165) is 13.8 Å². The number of hydrogen-bond donors (Lipinski definition) is 1. The minimum absolute atomic E-state index is 0.152. The smallest absolute Gasteiger partial charge is 0.265 e. The number of hydrogen-bond acceptors (Lipinski definition) is 4. The van der Waals surface area contributed by atoms with Crippen LogP contribution in [0.4, 0.5) is 5.69 Å². The van der Waals surface area contributed by atoms with E-state index >= 15 is 0 Å². The van der Waals surface area contributed by atoms with E-state index in [4.69, 9.17) is 4.42 Å². The summed E-state index contributed by atoms with van der Waals surface area (Å²) >= 11 is 8.11. The molecule has 102 valence electrons. The fourth-order valence-corrected chi connectivity index (χ4v) is 3.70. The van der Waals surface area contributed by atoms with Crippen LogP contribution in [0, 0.1) is 6.92 Å². The third kappa shape index (κ3) is 2.65. The van der Waals surface area contributed by atoms with E-state index in [9.17, 15) is 4.79 Å². The van der Waals surface area contributed by atoms with Gasteiger partial charge in [-0.3, -0.25) is 4.79 Å². The molecule has 0 unspecified atom stereocenters. The number of amides is 1. The second-order valence-corrected chi connectivity index (χ2v) is 7.33. The van der Waals surface area contributed by atoms with Gasteiger partial charge in [0, 0.05) is 17.1 Å². The van der Waals surface area contributed by atoms with Gasteiger partial charge in [0.1, 0.15) is 5.52 Å². The van der Waals surface area contributed by atoms with E-state index in [1.165, 1.54) is 11.3 Å². The highest BCUT2D eigenvalue weighted by molar-refractivity contribution is 9.13. The molecule has 0 aliphatic rings. The Morgan fingerprint density at radius 3 is 2.85 bits per heavy atom. The Morgan fingerprint density at radius 1 is 1.35 bits per heavy atom. The van der Waals surface area contributed by atoms with Gasteiger partial charge in [0.2, 0.25) is 0 Å². The van der Waals surface area contributed by atoms with Crippen LogP contribution < -0.4 is 5.32 Å². The molecule has 0 bridgehead atoms. The van der Waals surface area contributed by atoms with Crippen molar-refractivity contribution in [3.63, 3.8) is 0 Å². The zero-order chi connectivity index (χ0) is 14.3. The zero-order valence-electron chi connectivity index (χ0n) is 10.2. The van der Waals surface area contributed by atoms with Crippen molar-refractivity contribution in [3.8, 4) is 0 Å². The van der Waals surface area contributed by atoms with Crippen LogP contribution in [0.25, 0.3) is 11.1 Å². The molecular weight excluding hydrogens is 408 g/mol. The molecule has 0 radical (unpaired) electrons. The number of carbonyl (C=O) groups is 1. The number of aryl methyl sites for hydroxylation is 1. The highest BCUT2D eigenvalue weighted by Crippen LogP contribution is 2.32. The van der Waals surface area contributed by atoms with Gasteiger partial charge in [0.25, 0.3) is 5.91 Å². The van der Waals surface area contributed by atoms with Gasteiger partial charge in [-0.1, -0.05) is 0 Å². The molecule has 0 fully saturated rings. The maximum atomic E-state index is 12.1. The lowest BCUT2D eigenvalue weighted by atomic mass is 10.3. The molecule has 0 aliphatic carbocycles. The van der Waals surface area contributed by atoms with Gasteiger partial charge >= 0.3 is 0 Å². The molecule has 0 aliphatic heterocycles. The monoisotopic (exact) mass is 414 g/mol. The fraction of sp³-hybridized carbons (Fsp3) is 0.0769. The number of benzene rings is 1. The van der Waals surface area contributed by atoms with Crippen molar-refractivity contribution in [1.82, 2.24) is 4.98 Å². The summed E-state index contributed by atoms with van der Waals surface area (Å²) in [6.45, 7) is 1.79. The van der Waals surface area contributed by atoms with Crippen molar-refractivity contribution in [2.45, 2.75) is 6.92 Å². The Morgan fingerprint density at radius 2 is 2.15 bits per heavy atom. The number of thiophene rings is 1. The van der Waals surface area contributed by atoms with E-state index < -0.39 is 0 Å². The van der Waals surface area contributed by atoms with Crippen LogP contribution in [0.1, 0.15) is 15.6 Å². The number of carbonyl (C=O) groups excluding carboxylic acids is 1. The van der Waals surface area contributed by atoms with Gasteiger partial charge in [-0.05, 0) is 56.1 Å². The predicted octanol–water partition coefficient (Wildman–Crippen LogP) is 4.98. The Hall–Kier alpha value is -1.18. The molecule has 7 heteroatoms. The van der Waals surface area contributed by atoms with Crippen molar-refractivity contribution in [2.24, 2.45) is 0 Å². The first kappa shape index (κ1) is 13.8. The van der Waals surface area contributed by atoms with Crippen molar-refractivity contribution in [3.05, 3.63) is 43.3 Å². The Balaban J connectivity index is 1.86. The van der Waals surface area contributed by atoms with E-state index in [0.29, 0.717) is 22.0 Å². The average molecular weight is 416 g/mol. The van der Waals surface area contributed by atoms with Crippen molar-refractivity contribution < 1.29 is 9.21 Å². The number of nitrogens with one attached hydrogen (secondary N) is 1. The Labute approximate surface area is 135 Å². The first-order valence-electron chi connectivity index (χ1n) is 5.66. The molecule has 1 aromatic carbocycles. The molecule has 20 heavy (non-hydrogen) atoms. The number of rotatable bonds is 2. The predicted molar refractivity (Wildman–Crippen MR) is 86.4 cm³/mol. The van der Waals surface area contributed by atoms with Crippen LogP contribution in [0.5, 0.6) is 0 Å². The van der Waals surface area contributed by atoms with E-state index in [1.807, 2.05) is 0 Å². The first-order chi connectivity index (χ1) is 9.52. The summed E-state index contributed by atoms with van der Waals surface area (Å²) in [6, 6.07) is 7.16. The average Bonchev–Trinajstić information content (AvgIpc) is 2.91. The number of fused-ring (bicyclic) bond motifs is 1. The largest absolute Gasteiger partial charge is 0.441 e. The second-order valence-electron chi connectivity index (χ2n) is 4.10. The molecule has 3 rings (SSSR count). The summed E-state index contributed by atoms with van der Waals surface area (Å²) < 4.78 is 7.16. The topological polar surface area (TPSA) is 55.1 Å². The summed E-state index contributed by atoms with van der Waals surface area (Å²) in [7, 11) is 0. The summed E-state index contributed by atoms with van der Waals surface area (Å²) in [4.78, 5) is 17.0. The number of anilines is 1. The van der Waals surface area contributed by atoms with Crippen LogP contribution in [-0.2, 0) is 0 Å². The maximum absolute atomic E-state index is 12.1. The maximum Gasteiger partial charge on any atom is 0.265 e. The van der Waals surface area contributed by atoms with Gasteiger partial charge in [0.15, 0.2) is 11.5 Å². The van der Waals surface area contributed by atoms with Crippen LogP contribution in [0.2, 0.25) is 0 Å². The van der Waals surface area contributed by atoms with E-state index in [1.54, 1.807) is 31.2 Å². The molecule has 0 spiro atoms. The summed E-state index contributed by atoms with van der Waals surface area (Å²) in [5.41, 5.74) is 2.13. The Kier molecular flexibility index (Phi) is 3.66. The number of nitrogens with zero attached hydrogens (tertiary/aromatic N) is 1. The van der Waals surface area contributed by atoms with Gasteiger partial charge in [-0.25, -0.2) is 4.98 Å². The molecular formula is C13H8Br2N2O2S. The highest BCUT2D eigenvalue weighted by Gasteiger charge is 2.13. The van der Waals surface area contributed by atoms with Crippen LogP contribution >= 0.6 is 43.2 Å². The summed E-state index contributed by atoms with van der Waals surface area (Å²) in [5.74, 6) is 0.454. The minimum Gasteiger partial charge on any atom is -0.441 e. The molecule has 3 aromatic rings. The molecule has 2 heterocycles. The number of halogens is 2. The van der Waals surface area contributed by atoms with Crippen LogP contribution in [0.15, 0.2) is 36.9 Å². The molecule has 1 amide bonds. The van der Waals surface area contributed by atoms with Gasteiger partial charge in [0.05, 0.1) is 8.66 Å². The lowest BCUT2D eigenvalue weighted by Crippen LogP contribution is -2.09. The first-order valence-corrected chi connectivity index (χ1v) is 8.06. The van der Waals surface area contributed by atoms with Gasteiger partial charge in [-0.2, -0.15) is 0 Å². The molecule has 1 N–H and O–H groups in total. The van der Waals surface area contributed by atoms with Crippen molar-refractivity contribution in [1.29, 1.82) is 0 Å². The highest BCUT2D eigenvalue weighted by atomic mass is 79.9. The van der Waals surface area contributed by atoms with Crippen LogP contribution in [0.3, 0.4) is 0 Å². The number of aromatic nitrogens is 1. The fourth-order valence-electron chi connectivity index (χ4n) is 1.77. The Bertz CT molecular complexity index is 790. The van der Waals surface area contributed by atoms with E-state index in [2.05, 4.69) is 42.2 Å².